The van der Waals surface area contributed by atoms with E-state index in [1.807, 2.05) is 9.80 Å². The lowest BCUT2D eigenvalue weighted by molar-refractivity contribution is 0.0696. The summed E-state index contributed by atoms with van der Waals surface area (Å²) in [4.78, 5) is 32.7. The lowest BCUT2D eigenvalue weighted by Gasteiger charge is -2.37. The van der Waals surface area contributed by atoms with Crippen molar-refractivity contribution < 1.29 is 19.1 Å². The van der Waals surface area contributed by atoms with Crippen LogP contribution < -0.4 is 15.1 Å². The zero-order chi connectivity index (χ0) is 21.1. The average Bonchev–Trinajstić information content (AvgIpc) is 3.29. The normalized spacial score (nSPS) is 13.9. The highest BCUT2D eigenvalue weighted by Crippen LogP contribution is 2.26. The second-order valence-corrected chi connectivity index (χ2v) is 7.70. The Hall–Kier alpha value is -3.46. The number of carboxylic acid groups (broad SMARTS) is 1. The molecule has 1 amide bonds. The van der Waals surface area contributed by atoms with Crippen LogP contribution in [0, 0.1) is 5.82 Å². The van der Waals surface area contributed by atoms with Gasteiger partial charge in [-0.2, -0.15) is 0 Å². The molecule has 1 aliphatic rings. The fourth-order valence-electron chi connectivity index (χ4n) is 3.40. The summed E-state index contributed by atoms with van der Waals surface area (Å²) in [7, 11) is 0. The zero-order valence-electron chi connectivity index (χ0n) is 15.9. The maximum Gasteiger partial charge on any atom is 0.339 e. The Morgan fingerprint density at radius 3 is 2.47 bits per heavy atom. The van der Waals surface area contributed by atoms with E-state index in [1.165, 1.54) is 29.7 Å². The number of nitrogens with one attached hydrogen (secondary N) is 1. The number of aromatic nitrogens is 1. The number of carboxylic acids is 1. The summed E-state index contributed by atoms with van der Waals surface area (Å²) >= 11 is 1.30. The third-order valence-corrected chi connectivity index (χ3v) is 5.74. The van der Waals surface area contributed by atoms with E-state index >= 15 is 0 Å². The van der Waals surface area contributed by atoms with Crippen LogP contribution >= 0.6 is 11.3 Å². The number of thiophene rings is 1. The molecule has 30 heavy (non-hydrogen) atoms. The van der Waals surface area contributed by atoms with E-state index in [1.54, 1.807) is 35.7 Å². The van der Waals surface area contributed by atoms with Crippen molar-refractivity contribution >= 4 is 40.4 Å². The van der Waals surface area contributed by atoms with E-state index in [-0.39, 0.29) is 17.3 Å². The van der Waals surface area contributed by atoms with Crippen LogP contribution in [0.4, 0.5) is 21.6 Å². The molecule has 3 aromatic rings. The van der Waals surface area contributed by atoms with E-state index in [4.69, 9.17) is 0 Å². The number of amides is 1. The molecule has 0 radical (unpaired) electrons. The van der Waals surface area contributed by atoms with Crippen LogP contribution in [0.5, 0.6) is 0 Å². The summed E-state index contributed by atoms with van der Waals surface area (Å²) in [5.74, 6) is -1.37. The van der Waals surface area contributed by atoms with Crippen LogP contribution in [0.3, 0.4) is 0 Å². The van der Waals surface area contributed by atoms with E-state index in [0.29, 0.717) is 48.2 Å². The summed E-state index contributed by atoms with van der Waals surface area (Å²) in [6, 6.07) is 11.5. The Bertz CT molecular complexity index is 1070. The third-order valence-electron chi connectivity index (χ3n) is 4.87. The van der Waals surface area contributed by atoms with Gasteiger partial charge in [-0.1, -0.05) is 18.2 Å². The van der Waals surface area contributed by atoms with Crippen molar-refractivity contribution in [2.24, 2.45) is 0 Å². The first-order chi connectivity index (χ1) is 14.5. The van der Waals surface area contributed by atoms with Crippen LogP contribution in [0.15, 0.2) is 54.0 Å². The number of benzene rings is 1. The molecule has 2 N–H and O–H groups in total. The maximum absolute atomic E-state index is 14.0. The predicted octanol–water partition coefficient (Wildman–Crippen LogP) is 3.56. The fraction of sp³-hybridized carbons (Fsp3) is 0.190. The van der Waals surface area contributed by atoms with Gasteiger partial charge in [0.15, 0.2) is 0 Å². The third kappa shape index (κ3) is 4.11. The number of hydrogen-bond acceptors (Lipinski definition) is 6. The molecule has 154 valence electrons. The topological polar surface area (TPSA) is 85.8 Å². The number of para-hydroxylation sites is 1. The van der Waals surface area contributed by atoms with Crippen LogP contribution in [0.25, 0.3) is 0 Å². The summed E-state index contributed by atoms with van der Waals surface area (Å²) in [5, 5.41) is 14.1. The summed E-state index contributed by atoms with van der Waals surface area (Å²) in [5.41, 5.74) is 0.869. The molecule has 4 rings (SSSR count). The minimum Gasteiger partial charge on any atom is -0.478 e. The number of rotatable bonds is 5. The lowest BCUT2D eigenvalue weighted by atomic mass is 10.2. The highest BCUT2D eigenvalue weighted by molar-refractivity contribution is 7.12. The second kappa shape index (κ2) is 8.50. The van der Waals surface area contributed by atoms with Gasteiger partial charge in [0.25, 0.3) is 5.91 Å². The van der Waals surface area contributed by atoms with Crippen LogP contribution in [-0.4, -0.2) is 48.1 Å². The molecule has 0 unspecified atom stereocenters. The molecule has 1 fully saturated rings. The minimum atomic E-state index is -1.12. The SMILES string of the molecule is O=C(Nc1cnc(N2CCN(c3ccccc3F)CC2)c(C(=O)O)c1)c1cccs1. The summed E-state index contributed by atoms with van der Waals surface area (Å²) < 4.78 is 14.0. The van der Waals surface area contributed by atoms with Crippen molar-refractivity contribution in [2.45, 2.75) is 0 Å². The highest BCUT2D eigenvalue weighted by Gasteiger charge is 2.24. The Morgan fingerprint density at radius 1 is 1.07 bits per heavy atom. The van der Waals surface area contributed by atoms with Crippen molar-refractivity contribution in [1.29, 1.82) is 0 Å². The van der Waals surface area contributed by atoms with Gasteiger partial charge in [-0.15, -0.1) is 11.3 Å². The standard InChI is InChI=1S/C21H19FN4O3S/c22-16-4-1-2-5-17(16)25-7-9-26(10-8-25)19-15(21(28)29)12-14(13-23-19)24-20(27)18-6-3-11-30-18/h1-6,11-13H,7-10H2,(H,24,27)(H,28,29). The van der Waals surface area contributed by atoms with Gasteiger partial charge < -0.3 is 20.2 Å². The Labute approximate surface area is 176 Å². The molecule has 9 heteroatoms. The molecule has 1 aliphatic heterocycles. The van der Waals surface area contributed by atoms with Gasteiger partial charge in [-0.25, -0.2) is 14.2 Å². The van der Waals surface area contributed by atoms with E-state index in [2.05, 4.69) is 10.3 Å². The molecule has 0 atom stereocenters. The number of hydrogen-bond donors (Lipinski definition) is 2. The van der Waals surface area contributed by atoms with Crippen LogP contribution in [-0.2, 0) is 0 Å². The second-order valence-electron chi connectivity index (χ2n) is 6.76. The van der Waals surface area contributed by atoms with Crippen molar-refractivity contribution in [2.75, 3.05) is 41.3 Å². The van der Waals surface area contributed by atoms with Gasteiger partial charge in [0.05, 0.1) is 22.4 Å². The summed E-state index contributed by atoms with van der Waals surface area (Å²) in [6.45, 7) is 2.09. The van der Waals surface area contributed by atoms with Gasteiger partial charge >= 0.3 is 5.97 Å². The zero-order valence-corrected chi connectivity index (χ0v) is 16.7. The van der Waals surface area contributed by atoms with Crippen molar-refractivity contribution in [3.63, 3.8) is 0 Å². The average molecular weight is 426 g/mol. The number of pyridine rings is 1. The first-order valence-electron chi connectivity index (χ1n) is 9.35. The van der Waals surface area contributed by atoms with Gasteiger partial charge in [0, 0.05) is 26.2 Å². The molecular formula is C21H19FN4O3S. The van der Waals surface area contributed by atoms with Crippen LogP contribution in [0.2, 0.25) is 0 Å². The molecule has 0 bridgehead atoms. The highest BCUT2D eigenvalue weighted by atomic mass is 32.1. The van der Waals surface area contributed by atoms with Gasteiger partial charge in [-0.3, -0.25) is 4.79 Å². The Morgan fingerprint density at radius 2 is 1.80 bits per heavy atom. The van der Waals surface area contributed by atoms with E-state index in [9.17, 15) is 19.1 Å². The smallest absolute Gasteiger partial charge is 0.339 e. The molecule has 2 aromatic heterocycles. The van der Waals surface area contributed by atoms with E-state index in [0.717, 1.165) is 0 Å². The summed E-state index contributed by atoms with van der Waals surface area (Å²) in [6.07, 6.45) is 1.45. The maximum atomic E-state index is 14.0. The quantitative estimate of drug-likeness (QED) is 0.649. The Balaban J connectivity index is 1.49. The number of piperazine rings is 1. The fourth-order valence-corrected chi connectivity index (χ4v) is 4.02. The Kier molecular flexibility index (Phi) is 5.62. The molecule has 3 heterocycles. The molecule has 1 saturated heterocycles. The number of halogens is 1. The largest absolute Gasteiger partial charge is 0.478 e. The number of carbonyl (C=O) groups excluding carboxylic acids is 1. The molecule has 0 aliphatic carbocycles. The van der Waals surface area contributed by atoms with Crippen molar-refractivity contribution in [3.05, 3.63) is 70.3 Å². The van der Waals surface area contributed by atoms with Gasteiger partial charge in [0.2, 0.25) is 0 Å². The van der Waals surface area contributed by atoms with Gasteiger partial charge in [0.1, 0.15) is 17.2 Å². The molecule has 0 saturated carbocycles. The lowest BCUT2D eigenvalue weighted by Crippen LogP contribution is -2.47. The molecular weight excluding hydrogens is 407 g/mol. The van der Waals surface area contributed by atoms with Crippen LogP contribution in [0.1, 0.15) is 20.0 Å². The van der Waals surface area contributed by atoms with Crippen molar-refractivity contribution in [3.8, 4) is 0 Å². The van der Waals surface area contributed by atoms with Gasteiger partial charge in [-0.05, 0) is 29.6 Å². The number of carbonyl (C=O) groups is 2. The predicted molar refractivity (Wildman–Crippen MR) is 114 cm³/mol. The molecule has 1 aromatic carbocycles. The number of aromatic carboxylic acids is 1. The minimum absolute atomic E-state index is 0.0123. The monoisotopic (exact) mass is 426 g/mol. The van der Waals surface area contributed by atoms with Crippen molar-refractivity contribution in [1.82, 2.24) is 4.98 Å². The number of anilines is 3. The number of nitrogens with zero attached hydrogens (tertiary/aromatic N) is 3. The van der Waals surface area contributed by atoms with E-state index < -0.39 is 5.97 Å². The molecule has 7 nitrogen and oxygen atoms in total. The first-order valence-corrected chi connectivity index (χ1v) is 10.2. The first kappa shape index (κ1) is 19.8. The molecule has 0 spiro atoms.